The number of anilines is 1. The first-order valence-electron chi connectivity index (χ1n) is 8.39. The van der Waals surface area contributed by atoms with Crippen LogP contribution in [0.25, 0.3) is 0 Å². The number of benzene rings is 1. The maximum absolute atomic E-state index is 12.8. The molecule has 2 aliphatic heterocycles. The standard InChI is InChI=1S/C18H25N3O2S.ClH/c1-18(11-19)7-8-20(12-18)17(23)13-9-16(22)21(10-13)14-3-5-15(24-2)6-4-14;/h3-6,13H,7-12,19H2,1-2H3;1H. The molecule has 0 spiro atoms. The zero-order chi connectivity index (χ0) is 17.3. The normalized spacial score (nSPS) is 26.0. The molecule has 5 nitrogen and oxygen atoms in total. The van der Waals surface area contributed by atoms with E-state index in [0.717, 1.165) is 23.5 Å². The van der Waals surface area contributed by atoms with E-state index in [9.17, 15) is 9.59 Å². The number of rotatable bonds is 4. The van der Waals surface area contributed by atoms with E-state index in [-0.39, 0.29) is 35.6 Å². The monoisotopic (exact) mass is 383 g/mol. The summed E-state index contributed by atoms with van der Waals surface area (Å²) in [5.74, 6) is -0.104. The Kier molecular flexibility index (Phi) is 6.40. The highest BCUT2D eigenvalue weighted by Gasteiger charge is 2.41. The van der Waals surface area contributed by atoms with Gasteiger partial charge >= 0.3 is 0 Å². The average Bonchev–Trinajstić information content (AvgIpc) is 3.18. The minimum Gasteiger partial charge on any atom is -0.342 e. The smallest absolute Gasteiger partial charge is 0.228 e. The molecule has 0 radical (unpaired) electrons. The fourth-order valence-electron chi connectivity index (χ4n) is 3.52. The van der Waals surface area contributed by atoms with Crippen molar-refractivity contribution in [3.05, 3.63) is 24.3 Å². The molecule has 0 aliphatic carbocycles. The van der Waals surface area contributed by atoms with Crippen LogP contribution in [0.1, 0.15) is 19.8 Å². The lowest BCUT2D eigenvalue weighted by Crippen LogP contribution is -2.38. The predicted octanol–water partition coefficient (Wildman–Crippen LogP) is 2.38. The third-order valence-electron chi connectivity index (χ3n) is 5.22. The molecule has 2 aliphatic rings. The van der Waals surface area contributed by atoms with Crippen molar-refractivity contribution in [3.63, 3.8) is 0 Å². The number of nitrogens with zero attached hydrogens (tertiary/aromatic N) is 2. The molecule has 2 N–H and O–H groups in total. The molecule has 1 aromatic carbocycles. The van der Waals surface area contributed by atoms with Crippen LogP contribution in [0.2, 0.25) is 0 Å². The Balaban J connectivity index is 0.00000225. The summed E-state index contributed by atoms with van der Waals surface area (Å²) in [6.45, 7) is 4.65. The number of carbonyl (C=O) groups is 2. The van der Waals surface area contributed by atoms with Crippen LogP contribution in [0.5, 0.6) is 0 Å². The van der Waals surface area contributed by atoms with Crippen LogP contribution in [0.4, 0.5) is 5.69 Å². The van der Waals surface area contributed by atoms with Crippen molar-refractivity contribution in [1.29, 1.82) is 0 Å². The van der Waals surface area contributed by atoms with Gasteiger partial charge in [-0.05, 0) is 48.9 Å². The van der Waals surface area contributed by atoms with Crippen molar-refractivity contribution in [1.82, 2.24) is 4.90 Å². The van der Waals surface area contributed by atoms with Gasteiger partial charge in [0.05, 0.1) is 5.92 Å². The summed E-state index contributed by atoms with van der Waals surface area (Å²) in [5, 5.41) is 0. The van der Waals surface area contributed by atoms with Gasteiger partial charge in [0.2, 0.25) is 11.8 Å². The Bertz CT molecular complexity index is 640. The first kappa shape index (κ1) is 20.1. The van der Waals surface area contributed by atoms with Gasteiger partial charge in [0.1, 0.15) is 0 Å². The summed E-state index contributed by atoms with van der Waals surface area (Å²) < 4.78 is 0. The second-order valence-electron chi connectivity index (χ2n) is 7.13. The number of amides is 2. The van der Waals surface area contributed by atoms with E-state index in [4.69, 9.17) is 5.73 Å². The van der Waals surface area contributed by atoms with Crippen molar-refractivity contribution in [2.75, 3.05) is 37.3 Å². The van der Waals surface area contributed by atoms with E-state index < -0.39 is 0 Å². The first-order valence-corrected chi connectivity index (χ1v) is 9.61. The molecular weight excluding hydrogens is 358 g/mol. The first-order chi connectivity index (χ1) is 11.5. The minimum absolute atomic E-state index is 0. The van der Waals surface area contributed by atoms with Crippen molar-refractivity contribution in [3.8, 4) is 0 Å². The molecule has 0 bridgehead atoms. The Hall–Kier alpha value is -1.24. The number of thioether (sulfide) groups is 1. The molecule has 2 heterocycles. The molecule has 2 atom stereocenters. The van der Waals surface area contributed by atoms with Crippen LogP contribution in [-0.4, -0.2) is 49.1 Å². The van der Waals surface area contributed by atoms with Gasteiger partial charge in [-0.3, -0.25) is 9.59 Å². The van der Waals surface area contributed by atoms with E-state index in [2.05, 4.69) is 6.92 Å². The highest BCUT2D eigenvalue weighted by atomic mass is 35.5. The summed E-state index contributed by atoms with van der Waals surface area (Å²) in [6.07, 6.45) is 3.27. The van der Waals surface area contributed by atoms with Crippen LogP contribution in [-0.2, 0) is 9.59 Å². The van der Waals surface area contributed by atoms with Gasteiger partial charge in [0.25, 0.3) is 0 Å². The molecule has 2 unspecified atom stereocenters. The van der Waals surface area contributed by atoms with E-state index >= 15 is 0 Å². The number of carbonyl (C=O) groups excluding carboxylic acids is 2. The van der Waals surface area contributed by atoms with Crippen LogP contribution in [0.15, 0.2) is 29.2 Å². The van der Waals surface area contributed by atoms with Gasteiger partial charge in [-0.1, -0.05) is 6.92 Å². The van der Waals surface area contributed by atoms with Crippen LogP contribution >= 0.6 is 24.2 Å². The zero-order valence-electron chi connectivity index (χ0n) is 14.7. The third kappa shape index (κ3) is 4.13. The summed E-state index contributed by atoms with van der Waals surface area (Å²) in [6, 6.07) is 7.93. The van der Waals surface area contributed by atoms with E-state index in [1.807, 2.05) is 35.4 Å². The van der Waals surface area contributed by atoms with Gasteiger partial charge in [0.15, 0.2) is 0 Å². The SMILES string of the molecule is CSc1ccc(N2CC(C(=O)N3CCC(C)(CN)C3)CC2=O)cc1.Cl. The second-order valence-corrected chi connectivity index (χ2v) is 8.01. The quantitative estimate of drug-likeness (QED) is 0.810. The second kappa shape index (κ2) is 7.98. The van der Waals surface area contributed by atoms with Gasteiger partial charge in [-0.2, -0.15) is 0 Å². The minimum atomic E-state index is -0.238. The molecule has 25 heavy (non-hydrogen) atoms. The number of likely N-dealkylation sites (tertiary alicyclic amines) is 1. The summed E-state index contributed by atoms with van der Waals surface area (Å²) in [5.41, 5.74) is 6.72. The molecule has 7 heteroatoms. The molecule has 2 amide bonds. The molecule has 2 saturated heterocycles. The lowest BCUT2D eigenvalue weighted by atomic mass is 9.90. The lowest BCUT2D eigenvalue weighted by Gasteiger charge is -2.24. The van der Waals surface area contributed by atoms with Gasteiger partial charge in [-0.15, -0.1) is 24.2 Å². The fraction of sp³-hybridized carbons (Fsp3) is 0.556. The summed E-state index contributed by atoms with van der Waals surface area (Å²) >= 11 is 1.67. The van der Waals surface area contributed by atoms with Crippen LogP contribution < -0.4 is 10.6 Å². The molecule has 0 aromatic heterocycles. The highest BCUT2D eigenvalue weighted by molar-refractivity contribution is 7.98. The number of halogens is 1. The number of hydrogen-bond acceptors (Lipinski definition) is 4. The van der Waals surface area contributed by atoms with Crippen molar-refractivity contribution in [2.45, 2.75) is 24.7 Å². The predicted molar refractivity (Wildman–Crippen MR) is 104 cm³/mol. The molecule has 3 rings (SSSR count). The number of nitrogens with two attached hydrogens (primary N) is 1. The Morgan fingerprint density at radius 2 is 2.04 bits per heavy atom. The maximum Gasteiger partial charge on any atom is 0.228 e. The van der Waals surface area contributed by atoms with Gasteiger partial charge in [0, 0.05) is 36.6 Å². The van der Waals surface area contributed by atoms with E-state index in [1.54, 1.807) is 16.7 Å². The van der Waals surface area contributed by atoms with Gasteiger partial charge < -0.3 is 15.5 Å². The number of hydrogen-bond donors (Lipinski definition) is 1. The van der Waals surface area contributed by atoms with E-state index in [0.29, 0.717) is 26.1 Å². The highest BCUT2D eigenvalue weighted by Crippen LogP contribution is 2.32. The molecule has 138 valence electrons. The average molecular weight is 384 g/mol. The Morgan fingerprint density at radius 3 is 2.60 bits per heavy atom. The third-order valence-corrected chi connectivity index (χ3v) is 5.96. The maximum atomic E-state index is 12.8. The molecule has 1 aromatic rings. The largest absolute Gasteiger partial charge is 0.342 e. The fourth-order valence-corrected chi connectivity index (χ4v) is 3.93. The summed E-state index contributed by atoms with van der Waals surface area (Å²) in [4.78, 5) is 29.9. The Labute approximate surface area is 159 Å². The van der Waals surface area contributed by atoms with Crippen LogP contribution in [0, 0.1) is 11.3 Å². The van der Waals surface area contributed by atoms with Crippen molar-refractivity contribution < 1.29 is 9.59 Å². The van der Waals surface area contributed by atoms with Crippen LogP contribution in [0.3, 0.4) is 0 Å². The summed E-state index contributed by atoms with van der Waals surface area (Å²) in [7, 11) is 0. The molecule has 2 fully saturated rings. The van der Waals surface area contributed by atoms with E-state index in [1.165, 1.54) is 0 Å². The molecular formula is C18H26ClN3O2S. The lowest BCUT2D eigenvalue weighted by molar-refractivity contribution is -0.135. The van der Waals surface area contributed by atoms with Crippen molar-refractivity contribution >= 4 is 41.7 Å². The topological polar surface area (TPSA) is 66.6 Å². The zero-order valence-corrected chi connectivity index (χ0v) is 16.4. The van der Waals surface area contributed by atoms with Gasteiger partial charge in [-0.25, -0.2) is 0 Å². The van der Waals surface area contributed by atoms with Crippen molar-refractivity contribution in [2.24, 2.45) is 17.1 Å². The molecule has 0 saturated carbocycles. The Morgan fingerprint density at radius 1 is 1.36 bits per heavy atom.